The van der Waals surface area contributed by atoms with Crippen LogP contribution in [0.2, 0.25) is 0 Å². The fraction of sp³-hybridized carbons (Fsp3) is 0.238. The van der Waals surface area contributed by atoms with Crippen molar-refractivity contribution in [3.8, 4) is 0 Å². The number of hydrogen-bond donors (Lipinski definition) is 2. The van der Waals surface area contributed by atoms with Gasteiger partial charge in [-0.1, -0.05) is 36.4 Å². The zero-order valence-corrected chi connectivity index (χ0v) is 14.5. The van der Waals surface area contributed by atoms with Gasteiger partial charge in [0.25, 0.3) is 11.7 Å². The molecule has 2 heterocycles. The first-order valence-corrected chi connectivity index (χ1v) is 8.94. The van der Waals surface area contributed by atoms with Crippen molar-refractivity contribution in [3.63, 3.8) is 0 Å². The number of anilines is 1. The van der Waals surface area contributed by atoms with Crippen LogP contribution in [-0.2, 0) is 11.3 Å². The van der Waals surface area contributed by atoms with Gasteiger partial charge in [-0.25, -0.2) is 0 Å². The molecule has 132 valence electrons. The van der Waals surface area contributed by atoms with E-state index in [0.29, 0.717) is 11.3 Å². The van der Waals surface area contributed by atoms with Crippen LogP contribution in [0.5, 0.6) is 0 Å². The molecule has 0 atom stereocenters. The normalized spacial score (nSPS) is 14.6. The van der Waals surface area contributed by atoms with Crippen LogP contribution < -0.4 is 5.32 Å². The smallest absolute Gasteiger partial charge is 0.296 e. The molecule has 0 saturated carbocycles. The van der Waals surface area contributed by atoms with E-state index in [1.807, 2.05) is 48.5 Å². The first kappa shape index (κ1) is 16.5. The molecule has 4 rings (SSSR count). The van der Waals surface area contributed by atoms with Crippen LogP contribution in [0.1, 0.15) is 28.8 Å². The van der Waals surface area contributed by atoms with Gasteiger partial charge < -0.3 is 10.3 Å². The molecule has 5 nitrogen and oxygen atoms in total. The SMILES string of the molecule is O=C(Nc1ccccc1CN1CCCC1)C(=O)c1c[nH]c2ccccc12. The Bertz CT molecular complexity index is 955. The average Bonchev–Trinajstić information content (AvgIpc) is 3.32. The maximum Gasteiger partial charge on any atom is 0.296 e. The van der Waals surface area contributed by atoms with Crippen molar-refractivity contribution < 1.29 is 9.59 Å². The van der Waals surface area contributed by atoms with Crippen molar-refractivity contribution in [1.82, 2.24) is 9.88 Å². The molecule has 1 saturated heterocycles. The molecule has 3 aromatic rings. The topological polar surface area (TPSA) is 65.2 Å². The Morgan fingerprint density at radius 3 is 2.58 bits per heavy atom. The van der Waals surface area contributed by atoms with Crippen LogP contribution in [-0.4, -0.2) is 34.7 Å². The molecule has 0 radical (unpaired) electrons. The number of rotatable bonds is 5. The van der Waals surface area contributed by atoms with Crippen molar-refractivity contribution >= 4 is 28.3 Å². The molecule has 0 aliphatic carbocycles. The van der Waals surface area contributed by atoms with Crippen LogP contribution in [0.3, 0.4) is 0 Å². The summed E-state index contributed by atoms with van der Waals surface area (Å²) in [5, 5.41) is 3.57. The van der Waals surface area contributed by atoms with Crippen molar-refractivity contribution in [2.45, 2.75) is 19.4 Å². The Labute approximate surface area is 152 Å². The van der Waals surface area contributed by atoms with Crippen LogP contribution in [0.15, 0.2) is 54.7 Å². The predicted molar refractivity (Wildman–Crippen MR) is 102 cm³/mol. The molecule has 1 aromatic heterocycles. The third kappa shape index (κ3) is 3.26. The molecule has 5 heteroatoms. The summed E-state index contributed by atoms with van der Waals surface area (Å²) < 4.78 is 0. The van der Waals surface area contributed by atoms with E-state index in [1.54, 1.807) is 6.20 Å². The second kappa shape index (κ2) is 7.14. The summed E-state index contributed by atoms with van der Waals surface area (Å²) in [4.78, 5) is 30.6. The number of para-hydroxylation sites is 2. The number of nitrogens with one attached hydrogen (secondary N) is 2. The van der Waals surface area contributed by atoms with E-state index in [1.165, 1.54) is 12.8 Å². The molecule has 26 heavy (non-hydrogen) atoms. The highest BCUT2D eigenvalue weighted by atomic mass is 16.2. The molecule has 1 amide bonds. The summed E-state index contributed by atoms with van der Waals surface area (Å²) >= 11 is 0. The van der Waals surface area contributed by atoms with E-state index in [-0.39, 0.29) is 0 Å². The second-order valence-electron chi connectivity index (χ2n) is 6.67. The van der Waals surface area contributed by atoms with E-state index >= 15 is 0 Å². The monoisotopic (exact) mass is 347 g/mol. The molecule has 1 aliphatic heterocycles. The van der Waals surface area contributed by atoms with E-state index in [0.717, 1.165) is 36.1 Å². The third-order valence-corrected chi connectivity index (χ3v) is 4.90. The fourth-order valence-corrected chi connectivity index (χ4v) is 3.52. The Hall–Kier alpha value is -2.92. The minimum Gasteiger partial charge on any atom is -0.360 e. The van der Waals surface area contributed by atoms with Crippen molar-refractivity contribution in [3.05, 3.63) is 65.9 Å². The van der Waals surface area contributed by atoms with Gasteiger partial charge in [-0.05, 0) is 43.6 Å². The Balaban J connectivity index is 1.53. The molecule has 0 unspecified atom stereocenters. The highest BCUT2D eigenvalue weighted by molar-refractivity contribution is 6.48. The Morgan fingerprint density at radius 1 is 1.00 bits per heavy atom. The van der Waals surface area contributed by atoms with Crippen LogP contribution in [0.25, 0.3) is 10.9 Å². The highest BCUT2D eigenvalue weighted by Gasteiger charge is 2.21. The Kier molecular flexibility index (Phi) is 4.54. The molecule has 2 N–H and O–H groups in total. The van der Waals surface area contributed by atoms with Gasteiger partial charge in [0.1, 0.15) is 0 Å². The number of aromatic amines is 1. The van der Waals surface area contributed by atoms with Crippen LogP contribution in [0, 0.1) is 0 Å². The zero-order chi connectivity index (χ0) is 17.9. The van der Waals surface area contributed by atoms with E-state index in [2.05, 4.69) is 15.2 Å². The minimum atomic E-state index is -0.608. The molecular weight excluding hydrogens is 326 g/mol. The zero-order valence-electron chi connectivity index (χ0n) is 14.5. The van der Waals surface area contributed by atoms with Crippen LogP contribution in [0.4, 0.5) is 5.69 Å². The first-order valence-electron chi connectivity index (χ1n) is 8.94. The first-order chi connectivity index (χ1) is 12.7. The van der Waals surface area contributed by atoms with Gasteiger partial charge >= 0.3 is 0 Å². The molecule has 1 aliphatic rings. The van der Waals surface area contributed by atoms with Gasteiger partial charge in [0.15, 0.2) is 0 Å². The van der Waals surface area contributed by atoms with E-state index in [4.69, 9.17) is 0 Å². The number of fused-ring (bicyclic) bond motifs is 1. The number of carbonyl (C=O) groups is 2. The van der Waals surface area contributed by atoms with Gasteiger partial charge in [-0.3, -0.25) is 14.5 Å². The number of Topliss-reactive ketones (excluding diaryl/α,β-unsaturated/α-hetero) is 1. The number of aromatic nitrogens is 1. The number of carbonyl (C=O) groups excluding carboxylic acids is 2. The summed E-state index contributed by atoms with van der Waals surface area (Å²) in [6.45, 7) is 2.95. The van der Waals surface area contributed by atoms with Gasteiger partial charge in [0, 0.05) is 29.3 Å². The predicted octanol–water partition coefficient (Wildman–Crippen LogP) is 3.59. The molecule has 1 fully saturated rings. The largest absolute Gasteiger partial charge is 0.360 e. The van der Waals surface area contributed by atoms with Crippen molar-refractivity contribution in [2.24, 2.45) is 0 Å². The lowest BCUT2D eigenvalue weighted by atomic mass is 10.1. The Morgan fingerprint density at radius 2 is 1.73 bits per heavy atom. The summed E-state index contributed by atoms with van der Waals surface area (Å²) in [7, 11) is 0. The molecule has 2 aromatic carbocycles. The quantitative estimate of drug-likeness (QED) is 0.548. The lowest BCUT2D eigenvalue weighted by Gasteiger charge is -2.17. The number of H-pyrrole nitrogens is 1. The van der Waals surface area contributed by atoms with Gasteiger partial charge in [0.05, 0.1) is 5.56 Å². The maximum atomic E-state index is 12.6. The molecular formula is C21H21N3O2. The number of amides is 1. The number of benzene rings is 2. The van der Waals surface area contributed by atoms with E-state index < -0.39 is 11.7 Å². The third-order valence-electron chi connectivity index (χ3n) is 4.90. The van der Waals surface area contributed by atoms with Gasteiger partial charge in [0.2, 0.25) is 0 Å². The summed E-state index contributed by atoms with van der Waals surface area (Å²) in [6.07, 6.45) is 4.03. The molecule has 0 spiro atoms. The number of hydrogen-bond acceptors (Lipinski definition) is 3. The van der Waals surface area contributed by atoms with Gasteiger partial charge in [-0.15, -0.1) is 0 Å². The fourth-order valence-electron chi connectivity index (χ4n) is 3.52. The average molecular weight is 347 g/mol. The number of likely N-dealkylation sites (tertiary alicyclic amines) is 1. The summed E-state index contributed by atoms with van der Waals surface area (Å²) in [6, 6.07) is 15.2. The van der Waals surface area contributed by atoms with Crippen molar-refractivity contribution in [1.29, 1.82) is 0 Å². The van der Waals surface area contributed by atoms with Gasteiger partial charge in [-0.2, -0.15) is 0 Å². The summed E-state index contributed by atoms with van der Waals surface area (Å²) in [5.74, 6) is -1.14. The standard InChI is InChI=1S/C21H21N3O2/c25-20(17-13-22-19-10-4-2-8-16(17)19)21(26)23-18-9-3-1-7-15(18)14-24-11-5-6-12-24/h1-4,7-10,13,22H,5-6,11-12,14H2,(H,23,26). The van der Waals surface area contributed by atoms with E-state index in [9.17, 15) is 9.59 Å². The minimum absolute atomic E-state index is 0.398. The maximum absolute atomic E-state index is 12.6. The number of nitrogens with zero attached hydrogens (tertiary/aromatic N) is 1. The highest BCUT2D eigenvalue weighted by Crippen LogP contribution is 2.22. The lowest BCUT2D eigenvalue weighted by molar-refractivity contribution is -0.112. The van der Waals surface area contributed by atoms with Crippen molar-refractivity contribution in [2.75, 3.05) is 18.4 Å². The second-order valence-corrected chi connectivity index (χ2v) is 6.67. The summed E-state index contributed by atoms with van der Waals surface area (Å²) in [5.41, 5.74) is 2.99. The van der Waals surface area contributed by atoms with Crippen LogP contribution >= 0.6 is 0 Å². The lowest BCUT2D eigenvalue weighted by Crippen LogP contribution is -2.25. The number of ketones is 1. The molecule has 0 bridgehead atoms.